The van der Waals surface area contributed by atoms with Crippen LogP contribution in [0, 0.1) is 5.92 Å². The first-order chi connectivity index (χ1) is 12.6. The summed E-state index contributed by atoms with van der Waals surface area (Å²) in [5.74, 6) is 0.288. The molecule has 1 fully saturated rings. The van der Waals surface area contributed by atoms with Crippen molar-refractivity contribution in [2.75, 3.05) is 13.7 Å². The van der Waals surface area contributed by atoms with Gasteiger partial charge >= 0.3 is 5.97 Å². The largest absolute Gasteiger partial charge is 0.497 e. The Hall–Kier alpha value is -3.02. The number of carbonyl (C=O) groups excluding carboxylic acids is 1. The number of carboxylic acids is 1. The number of ether oxygens (including phenoxy) is 2. The number of rotatable bonds is 8. The molecule has 1 aliphatic carbocycles. The van der Waals surface area contributed by atoms with Gasteiger partial charge in [0.1, 0.15) is 11.5 Å². The van der Waals surface area contributed by atoms with Crippen LogP contribution < -0.4 is 14.8 Å². The zero-order valence-corrected chi connectivity index (χ0v) is 14.5. The van der Waals surface area contributed by atoms with E-state index in [1.54, 1.807) is 31.4 Å². The lowest BCUT2D eigenvalue weighted by atomic mass is 10.0. The van der Waals surface area contributed by atoms with E-state index >= 15 is 0 Å². The number of carbonyl (C=O) groups is 2. The Morgan fingerprint density at radius 1 is 1.15 bits per heavy atom. The molecule has 3 rings (SSSR count). The highest BCUT2D eigenvalue weighted by molar-refractivity contribution is 5.94. The van der Waals surface area contributed by atoms with Crippen molar-refractivity contribution in [2.45, 2.75) is 18.9 Å². The molecule has 0 bridgehead atoms. The fraction of sp³-hybridized carbons (Fsp3) is 0.300. The van der Waals surface area contributed by atoms with Gasteiger partial charge < -0.3 is 19.9 Å². The smallest absolute Gasteiger partial charge is 0.341 e. The van der Waals surface area contributed by atoms with E-state index in [9.17, 15) is 9.59 Å². The number of nitrogens with one attached hydrogen (secondary N) is 1. The Morgan fingerprint density at radius 3 is 2.50 bits per heavy atom. The minimum absolute atomic E-state index is 0.0583. The zero-order valence-electron chi connectivity index (χ0n) is 14.5. The summed E-state index contributed by atoms with van der Waals surface area (Å²) in [4.78, 5) is 23.3. The van der Waals surface area contributed by atoms with Crippen LogP contribution in [-0.2, 0) is 4.79 Å². The van der Waals surface area contributed by atoms with Crippen LogP contribution in [0.5, 0.6) is 11.5 Å². The van der Waals surface area contributed by atoms with E-state index in [0.29, 0.717) is 17.2 Å². The molecule has 26 heavy (non-hydrogen) atoms. The van der Waals surface area contributed by atoms with Crippen molar-refractivity contribution in [1.29, 1.82) is 0 Å². The van der Waals surface area contributed by atoms with E-state index in [2.05, 4.69) is 5.32 Å². The molecule has 2 aromatic rings. The summed E-state index contributed by atoms with van der Waals surface area (Å²) in [6, 6.07) is 14.2. The van der Waals surface area contributed by atoms with Crippen LogP contribution in [-0.4, -0.2) is 30.7 Å². The SMILES string of the molecule is COc1ccc(C(NC(=O)c2cccc(OCC(=O)O)c2)C2CC2)cc1. The predicted octanol–water partition coefficient (Wildman–Crippen LogP) is 3.04. The molecule has 136 valence electrons. The third-order valence-electron chi connectivity index (χ3n) is 4.31. The van der Waals surface area contributed by atoms with Gasteiger partial charge in [0.2, 0.25) is 0 Å². The molecule has 6 heteroatoms. The minimum Gasteiger partial charge on any atom is -0.497 e. The van der Waals surface area contributed by atoms with Crippen molar-refractivity contribution in [1.82, 2.24) is 5.32 Å². The zero-order chi connectivity index (χ0) is 18.5. The standard InChI is InChI=1S/C20H21NO5/c1-25-16-9-7-14(8-10-16)19(13-5-6-13)21-20(24)15-3-2-4-17(11-15)26-12-18(22)23/h2-4,7-11,13,19H,5-6,12H2,1H3,(H,21,24)(H,22,23). The third-order valence-corrected chi connectivity index (χ3v) is 4.31. The third kappa shape index (κ3) is 4.53. The van der Waals surface area contributed by atoms with Crippen LogP contribution in [0.3, 0.4) is 0 Å². The lowest BCUT2D eigenvalue weighted by molar-refractivity contribution is -0.139. The number of hydrogen-bond donors (Lipinski definition) is 2. The fourth-order valence-electron chi connectivity index (χ4n) is 2.81. The monoisotopic (exact) mass is 355 g/mol. The maximum absolute atomic E-state index is 12.7. The highest BCUT2D eigenvalue weighted by Crippen LogP contribution is 2.41. The molecule has 1 atom stereocenters. The summed E-state index contributed by atoms with van der Waals surface area (Å²) in [5.41, 5.74) is 1.48. The molecule has 2 N–H and O–H groups in total. The number of carboxylic acid groups (broad SMARTS) is 1. The van der Waals surface area contributed by atoms with Gasteiger partial charge in [0.25, 0.3) is 5.91 Å². The summed E-state index contributed by atoms with van der Waals surface area (Å²) in [5, 5.41) is 11.8. The van der Waals surface area contributed by atoms with Gasteiger partial charge in [0.15, 0.2) is 6.61 Å². The van der Waals surface area contributed by atoms with Gasteiger partial charge in [-0.2, -0.15) is 0 Å². The Kier molecular flexibility index (Phi) is 5.41. The molecule has 2 aromatic carbocycles. The van der Waals surface area contributed by atoms with E-state index in [1.165, 1.54) is 0 Å². The first-order valence-corrected chi connectivity index (χ1v) is 8.46. The molecule has 0 aromatic heterocycles. The van der Waals surface area contributed by atoms with Gasteiger partial charge in [0, 0.05) is 5.56 Å². The molecule has 1 amide bonds. The molecule has 1 unspecified atom stereocenters. The van der Waals surface area contributed by atoms with Gasteiger partial charge in [-0.3, -0.25) is 4.79 Å². The molecule has 0 spiro atoms. The van der Waals surface area contributed by atoms with Crippen LogP contribution in [0.25, 0.3) is 0 Å². The average Bonchev–Trinajstić information content (AvgIpc) is 3.49. The van der Waals surface area contributed by atoms with Crippen LogP contribution in [0.2, 0.25) is 0 Å². The van der Waals surface area contributed by atoms with Crippen molar-refractivity contribution < 1.29 is 24.2 Å². The molecule has 0 heterocycles. The van der Waals surface area contributed by atoms with Gasteiger partial charge in [-0.25, -0.2) is 4.79 Å². The van der Waals surface area contributed by atoms with Crippen LogP contribution in [0.4, 0.5) is 0 Å². The molecule has 1 aliphatic rings. The normalized spacial score (nSPS) is 14.3. The van der Waals surface area contributed by atoms with Crippen molar-refractivity contribution >= 4 is 11.9 Å². The lowest BCUT2D eigenvalue weighted by Crippen LogP contribution is -2.29. The molecular weight excluding hydrogens is 334 g/mol. The summed E-state index contributed by atoms with van der Waals surface area (Å²) >= 11 is 0. The van der Waals surface area contributed by atoms with E-state index in [0.717, 1.165) is 24.2 Å². The first kappa shape index (κ1) is 17.8. The van der Waals surface area contributed by atoms with Gasteiger partial charge in [-0.15, -0.1) is 0 Å². The maximum Gasteiger partial charge on any atom is 0.341 e. The number of amides is 1. The highest BCUT2D eigenvalue weighted by atomic mass is 16.5. The van der Waals surface area contributed by atoms with Gasteiger partial charge in [0.05, 0.1) is 13.2 Å². The Bertz CT molecular complexity index is 783. The minimum atomic E-state index is -1.06. The first-order valence-electron chi connectivity index (χ1n) is 8.46. The maximum atomic E-state index is 12.7. The summed E-state index contributed by atoms with van der Waals surface area (Å²) in [6.45, 7) is -0.443. The second kappa shape index (κ2) is 7.91. The summed E-state index contributed by atoms with van der Waals surface area (Å²) in [7, 11) is 1.62. The van der Waals surface area contributed by atoms with E-state index in [1.807, 2.05) is 24.3 Å². The van der Waals surface area contributed by atoms with E-state index < -0.39 is 12.6 Å². The Balaban J connectivity index is 1.72. The number of aliphatic carboxylic acids is 1. The van der Waals surface area contributed by atoms with Gasteiger partial charge in [-0.05, 0) is 54.7 Å². The van der Waals surface area contributed by atoms with Crippen LogP contribution >= 0.6 is 0 Å². The number of methoxy groups -OCH3 is 1. The second-order valence-electron chi connectivity index (χ2n) is 6.27. The van der Waals surface area contributed by atoms with Gasteiger partial charge in [-0.1, -0.05) is 18.2 Å². The van der Waals surface area contributed by atoms with Crippen molar-refractivity contribution in [3.8, 4) is 11.5 Å². The van der Waals surface area contributed by atoms with E-state index in [-0.39, 0.29) is 11.9 Å². The van der Waals surface area contributed by atoms with Crippen LogP contribution in [0.1, 0.15) is 34.8 Å². The summed E-state index contributed by atoms with van der Waals surface area (Å²) in [6.07, 6.45) is 2.16. The Morgan fingerprint density at radius 2 is 1.88 bits per heavy atom. The summed E-state index contributed by atoms with van der Waals surface area (Å²) < 4.78 is 10.3. The van der Waals surface area contributed by atoms with Crippen molar-refractivity contribution in [3.63, 3.8) is 0 Å². The average molecular weight is 355 g/mol. The lowest BCUT2D eigenvalue weighted by Gasteiger charge is -2.19. The molecule has 6 nitrogen and oxygen atoms in total. The molecule has 0 aliphatic heterocycles. The Labute approximate surface area is 151 Å². The number of hydrogen-bond acceptors (Lipinski definition) is 4. The highest BCUT2D eigenvalue weighted by Gasteiger charge is 2.33. The molecule has 0 radical (unpaired) electrons. The molecule has 1 saturated carbocycles. The van der Waals surface area contributed by atoms with Crippen LogP contribution in [0.15, 0.2) is 48.5 Å². The molecule has 0 saturated heterocycles. The quantitative estimate of drug-likeness (QED) is 0.760. The van der Waals surface area contributed by atoms with Crippen molar-refractivity contribution in [3.05, 3.63) is 59.7 Å². The molecular formula is C20H21NO5. The topological polar surface area (TPSA) is 84.9 Å². The van der Waals surface area contributed by atoms with E-state index in [4.69, 9.17) is 14.6 Å². The number of benzene rings is 2. The predicted molar refractivity (Wildman–Crippen MR) is 95.5 cm³/mol. The second-order valence-corrected chi connectivity index (χ2v) is 6.27. The van der Waals surface area contributed by atoms with Crippen molar-refractivity contribution in [2.24, 2.45) is 5.92 Å². The fourth-order valence-corrected chi connectivity index (χ4v) is 2.81.